The van der Waals surface area contributed by atoms with Crippen LogP contribution in [0, 0.1) is 0 Å². The van der Waals surface area contributed by atoms with Gasteiger partial charge in [0, 0.05) is 32.5 Å². The number of hydrogen-bond acceptors (Lipinski definition) is 5. The van der Waals surface area contributed by atoms with E-state index < -0.39 is 15.8 Å². The van der Waals surface area contributed by atoms with E-state index in [1.165, 1.54) is 29.8 Å². The van der Waals surface area contributed by atoms with E-state index in [0.717, 1.165) is 5.69 Å². The van der Waals surface area contributed by atoms with Crippen molar-refractivity contribution in [1.29, 1.82) is 0 Å². The Morgan fingerprint density at radius 2 is 1.75 bits per heavy atom. The Kier molecular flexibility index (Phi) is 3.84. The Bertz CT molecular complexity index is 1050. The number of aromatic nitrogens is 1. The molecule has 0 saturated carbocycles. The van der Waals surface area contributed by atoms with Crippen molar-refractivity contribution in [3.05, 3.63) is 53.0 Å². The molecular formula is C16H17N3O4S. The monoisotopic (exact) mass is 347 g/mol. The fourth-order valence-corrected chi connectivity index (χ4v) is 3.39. The van der Waals surface area contributed by atoms with Crippen LogP contribution >= 0.6 is 0 Å². The van der Waals surface area contributed by atoms with Crippen LogP contribution in [-0.2, 0) is 17.1 Å². The lowest BCUT2D eigenvalue weighted by atomic mass is 10.3. The normalized spacial score (nSPS) is 11.6. The molecule has 0 unspecified atom stereocenters. The van der Waals surface area contributed by atoms with E-state index in [1.807, 2.05) is 31.1 Å². The average Bonchev–Trinajstić information content (AvgIpc) is 2.82. The maximum Gasteiger partial charge on any atom is 0.419 e. The average molecular weight is 347 g/mol. The molecule has 0 saturated heterocycles. The first-order valence-electron chi connectivity index (χ1n) is 7.18. The van der Waals surface area contributed by atoms with Gasteiger partial charge in [0.15, 0.2) is 5.58 Å². The number of nitrogens with zero attached hydrogens (tertiary/aromatic N) is 2. The minimum atomic E-state index is -3.77. The lowest BCUT2D eigenvalue weighted by molar-refractivity contribution is 0.528. The van der Waals surface area contributed by atoms with Crippen molar-refractivity contribution in [3.8, 4) is 0 Å². The summed E-state index contributed by atoms with van der Waals surface area (Å²) in [6.45, 7) is 0. The summed E-state index contributed by atoms with van der Waals surface area (Å²) in [6, 6.07) is 11.3. The van der Waals surface area contributed by atoms with Gasteiger partial charge in [0.05, 0.1) is 10.4 Å². The van der Waals surface area contributed by atoms with Gasteiger partial charge in [0.1, 0.15) is 0 Å². The molecule has 0 amide bonds. The maximum absolute atomic E-state index is 12.5. The molecule has 126 valence electrons. The zero-order valence-electron chi connectivity index (χ0n) is 13.5. The van der Waals surface area contributed by atoms with Crippen LogP contribution in [0.2, 0.25) is 0 Å². The van der Waals surface area contributed by atoms with Crippen molar-refractivity contribution in [2.75, 3.05) is 23.7 Å². The molecule has 7 nitrogen and oxygen atoms in total. The first kappa shape index (κ1) is 16.1. The molecule has 1 N–H and O–H groups in total. The first-order valence-corrected chi connectivity index (χ1v) is 8.66. The Balaban J connectivity index is 1.95. The predicted molar refractivity (Wildman–Crippen MR) is 93.0 cm³/mol. The molecule has 0 radical (unpaired) electrons. The summed E-state index contributed by atoms with van der Waals surface area (Å²) in [5, 5.41) is 0. The largest absolute Gasteiger partial charge is 0.419 e. The summed E-state index contributed by atoms with van der Waals surface area (Å²) in [7, 11) is 1.57. The number of fused-ring (bicyclic) bond motifs is 1. The minimum absolute atomic E-state index is 0.0584. The van der Waals surface area contributed by atoms with Crippen LogP contribution < -0.4 is 15.4 Å². The van der Waals surface area contributed by atoms with Gasteiger partial charge in [0.2, 0.25) is 0 Å². The third-order valence-corrected chi connectivity index (χ3v) is 5.09. The van der Waals surface area contributed by atoms with Crippen molar-refractivity contribution in [3.63, 3.8) is 0 Å². The molecule has 0 aliphatic carbocycles. The lowest BCUT2D eigenvalue weighted by Crippen LogP contribution is -2.14. The highest BCUT2D eigenvalue weighted by molar-refractivity contribution is 7.92. The summed E-state index contributed by atoms with van der Waals surface area (Å²) >= 11 is 0. The van der Waals surface area contributed by atoms with Crippen molar-refractivity contribution in [2.45, 2.75) is 4.90 Å². The molecule has 0 spiro atoms. The molecule has 1 heterocycles. The fraction of sp³-hybridized carbons (Fsp3) is 0.188. The molecule has 3 aromatic rings. The highest BCUT2D eigenvalue weighted by Gasteiger charge is 2.17. The van der Waals surface area contributed by atoms with E-state index in [0.29, 0.717) is 16.8 Å². The Hall–Kier alpha value is -2.74. The van der Waals surface area contributed by atoms with Crippen LogP contribution in [0.4, 0.5) is 11.4 Å². The Labute approximate surface area is 139 Å². The number of anilines is 2. The third-order valence-electron chi connectivity index (χ3n) is 3.71. The molecule has 0 aliphatic heterocycles. The van der Waals surface area contributed by atoms with E-state index in [2.05, 4.69) is 4.72 Å². The van der Waals surface area contributed by atoms with Crippen LogP contribution in [0.5, 0.6) is 0 Å². The van der Waals surface area contributed by atoms with Crippen molar-refractivity contribution in [1.82, 2.24) is 4.57 Å². The van der Waals surface area contributed by atoms with Crippen LogP contribution in [-0.4, -0.2) is 27.1 Å². The molecule has 0 atom stereocenters. The van der Waals surface area contributed by atoms with Crippen LogP contribution in [0.25, 0.3) is 11.1 Å². The van der Waals surface area contributed by atoms with Gasteiger partial charge < -0.3 is 9.32 Å². The highest BCUT2D eigenvalue weighted by atomic mass is 32.2. The lowest BCUT2D eigenvalue weighted by Gasteiger charge is -2.13. The fourth-order valence-electron chi connectivity index (χ4n) is 2.32. The van der Waals surface area contributed by atoms with Gasteiger partial charge in [-0.3, -0.25) is 9.29 Å². The van der Waals surface area contributed by atoms with E-state index in [1.54, 1.807) is 12.1 Å². The van der Waals surface area contributed by atoms with Gasteiger partial charge in [0.25, 0.3) is 10.0 Å². The zero-order chi connectivity index (χ0) is 17.5. The number of rotatable bonds is 4. The molecule has 24 heavy (non-hydrogen) atoms. The Morgan fingerprint density at radius 1 is 1.08 bits per heavy atom. The molecular weight excluding hydrogens is 330 g/mol. The van der Waals surface area contributed by atoms with Crippen molar-refractivity contribution < 1.29 is 12.8 Å². The second kappa shape index (κ2) is 5.72. The van der Waals surface area contributed by atoms with Crippen LogP contribution in [0.15, 0.2) is 56.6 Å². The van der Waals surface area contributed by atoms with Gasteiger partial charge >= 0.3 is 5.76 Å². The summed E-state index contributed by atoms with van der Waals surface area (Å²) in [5.41, 5.74) is 2.19. The van der Waals surface area contributed by atoms with E-state index in [-0.39, 0.29) is 4.90 Å². The number of aryl methyl sites for hydroxylation is 1. The third kappa shape index (κ3) is 2.88. The summed E-state index contributed by atoms with van der Waals surface area (Å²) in [5.74, 6) is -0.535. The molecule has 0 aliphatic rings. The van der Waals surface area contributed by atoms with Gasteiger partial charge in [-0.15, -0.1) is 0 Å². The van der Waals surface area contributed by atoms with E-state index in [9.17, 15) is 13.2 Å². The molecule has 0 bridgehead atoms. The molecule has 2 aromatic carbocycles. The summed E-state index contributed by atoms with van der Waals surface area (Å²) < 4.78 is 33.9. The minimum Gasteiger partial charge on any atom is -0.408 e. The number of hydrogen-bond donors (Lipinski definition) is 1. The number of sulfonamides is 1. The smallest absolute Gasteiger partial charge is 0.408 e. The van der Waals surface area contributed by atoms with E-state index in [4.69, 9.17) is 4.42 Å². The number of benzene rings is 2. The number of nitrogens with one attached hydrogen (secondary N) is 1. The second-order valence-corrected chi connectivity index (χ2v) is 7.29. The Morgan fingerprint density at radius 3 is 2.38 bits per heavy atom. The van der Waals surface area contributed by atoms with Gasteiger partial charge in [-0.2, -0.15) is 0 Å². The molecule has 3 rings (SSSR count). The van der Waals surface area contributed by atoms with Crippen LogP contribution in [0.1, 0.15) is 0 Å². The van der Waals surface area contributed by atoms with Gasteiger partial charge in [-0.05, 0) is 42.5 Å². The number of oxazole rings is 1. The van der Waals surface area contributed by atoms with Gasteiger partial charge in [-0.25, -0.2) is 13.2 Å². The summed E-state index contributed by atoms with van der Waals surface area (Å²) in [6.07, 6.45) is 0. The molecule has 0 fully saturated rings. The predicted octanol–water partition coefficient (Wildman–Crippen LogP) is 2.00. The van der Waals surface area contributed by atoms with Crippen molar-refractivity contribution >= 4 is 32.5 Å². The topological polar surface area (TPSA) is 84.6 Å². The standard InChI is InChI=1S/C16H17N3O4S/c1-18(2)12-6-4-11(5-7-12)17-24(21,22)13-8-9-15-14(10-13)19(3)16(20)23-15/h4-10,17H,1-3H3. The SMILES string of the molecule is CN(C)c1ccc(NS(=O)(=O)c2ccc3oc(=O)n(C)c3c2)cc1. The second-order valence-electron chi connectivity index (χ2n) is 5.60. The van der Waals surface area contributed by atoms with Gasteiger partial charge in [-0.1, -0.05) is 0 Å². The first-order chi connectivity index (χ1) is 11.3. The molecule has 8 heteroatoms. The molecule has 1 aromatic heterocycles. The maximum atomic E-state index is 12.5. The van der Waals surface area contributed by atoms with Crippen LogP contribution in [0.3, 0.4) is 0 Å². The summed E-state index contributed by atoms with van der Waals surface area (Å²) in [4.78, 5) is 13.5. The zero-order valence-corrected chi connectivity index (χ0v) is 14.3. The quantitative estimate of drug-likeness (QED) is 0.780. The highest BCUT2D eigenvalue weighted by Crippen LogP contribution is 2.22. The van der Waals surface area contributed by atoms with Crippen molar-refractivity contribution in [2.24, 2.45) is 7.05 Å². The van der Waals surface area contributed by atoms with E-state index >= 15 is 0 Å².